The summed E-state index contributed by atoms with van der Waals surface area (Å²) >= 11 is 0. The number of carbonyl (C=O) groups is 2. The molecule has 0 radical (unpaired) electrons. The van der Waals surface area contributed by atoms with Crippen molar-refractivity contribution in [2.75, 3.05) is 4.90 Å². The number of imide groups is 1. The van der Waals surface area contributed by atoms with Gasteiger partial charge in [-0.3, -0.25) is 14.2 Å². The Hall–Kier alpha value is -4.01. The van der Waals surface area contributed by atoms with Crippen LogP contribution >= 0.6 is 0 Å². The van der Waals surface area contributed by atoms with Crippen molar-refractivity contribution >= 4 is 44.2 Å². The first kappa shape index (κ1) is 35.8. The summed E-state index contributed by atoms with van der Waals surface area (Å²) in [5.41, 5.74) is 1.09. The highest BCUT2D eigenvalue weighted by molar-refractivity contribution is 6.74. The molecule has 2 aliphatic rings. The van der Waals surface area contributed by atoms with Crippen LogP contribution in [0.1, 0.15) is 81.3 Å². The van der Waals surface area contributed by atoms with Gasteiger partial charge in [0.2, 0.25) is 0 Å². The zero-order valence-corrected chi connectivity index (χ0v) is 31.1. The monoisotopic (exact) mass is 695 g/mol. The number of anilines is 1. The quantitative estimate of drug-likeness (QED) is 0.140. The second-order valence-electron chi connectivity index (χ2n) is 15.2. The molecule has 11 nitrogen and oxygen atoms in total. The summed E-state index contributed by atoms with van der Waals surface area (Å²) in [7, 11) is -2.71. The van der Waals surface area contributed by atoms with Crippen LogP contribution < -0.4 is 4.90 Å². The summed E-state index contributed by atoms with van der Waals surface area (Å²) in [6, 6.07) is 17.3. The average Bonchev–Trinajstić information content (AvgIpc) is 3.67. The van der Waals surface area contributed by atoms with Gasteiger partial charge in [0.05, 0.1) is 18.0 Å². The molecule has 0 aliphatic carbocycles. The van der Waals surface area contributed by atoms with Gasteiger partial charge in [-0.1, -0.05) is 69.2 Å². The molecule has 2 saturated heterocycles. The van der Waals surface area contributed by atoms with Crippen molar-refractivity contribution in [1.29, 1.82) is 0 Å². The van der Waals surface area contributed by atoms with Gasteiger partial charge in [-0.2, -0.15) is 0 Å². The highest BCUT2D eigenvalue weighted by atomic mass is 28.4. The number of benzene rings is 2. The predicted octanol–water partition coefficient (Wildman–Crippen LogP) is 7.18. The van der Waals surface area contributed by atoms with Crippen LogP contribution in [0.25, 0.3) is 11.2 Å². The Balaban J connectivity index is 1.35. The maximum atomic E-state index is 14.0. The Labute approximate surface area is 295 Å². The van der Waals surface area contributed by atoms with Gasteiger partial charge in [0, 0.05) is 23.7 Å². The van der Waals surface area contributed by atoms with Gasteiger partial charge in [0.15, 0.2) is 25.3 Å². The predicted molar refractivity (Wildman–Crippen MR) is 195 cm³/mol. The van der Waals surface area contributed by atoms with Crippen LogP contribution in [-0.2, 0) is 18.5 Å². The summed E-state index contributed by atoms with van der Waals surface area (Å²) in [6.07, 6.45) is 5.16. The third-order valence-electron chi connectivity index (χ3n) is 9.71. The second kappa shape index (κ2) is 14.0. The zero-order valence-electron chi connectivity index (χ0n) is 30.1. The lowest BCUT2D eigenvalue weighted by Crippen LogP contribution is -2.46. The number of ether oxygens (including phenoxy) is 1. The molecule has 0 saturated carbocycles. The number of hydrogen-bond donors (Lipinski definition) is 0. The molecule has 0 N–H and O–H groups in total. The van der Waals surface area contributed by atoms with Gasteiger partial charge in [0.1, 0.15) is 18.7 Å². The van der Waals surface area contributed by atoms with E-state index >= 15 is 0 Å². The summed E-state index contributed by atoms with van der Waals surface area (Å²) in [5, 5.41) is -0.0156. The minimum Gasteiger partial charge on any atom is -0.411 e. The average molecular weight is 696 g/mol. The van der Waals surface area contributed by atoms with Crippen LogP contribution in [0.2, 0.25) is 18.1 Å². The number of nitrogens with zero attached hydrogens (tertiary/aromatic N) is 5. The van der Waals surface area contributed by atoms with Crippen molar-refractivity contribution in [3.8, 4) is 0 Å². The highest BCUT2D eigenvalue weighted by Gasteiger charge is 2.45. The smallest absolute Gasteiger partial charge is 0.411 e. The van der Waals surface area contributed by atoms with Gasteiger partial charge in [0.25, 0.3) is 11.8 Å². The molecule has 2 aromatic heterocycles. The number of aromatic nitrogens is 4. The molecule has 50 heavy (non-hydrogen) atoms. The standard InChI is InChI=1S/C37H46BN5O6Si/c1-25-22-37(5,6)49-38(47-25)20-19-28-29(48-50(7,8)36(2,3)4)21-30(46-28)42-24-41-31-32(42)39-23-40-33(31)43(34(44)26-15-11-9-12-16-26)35(45)27-17-13-10-14-18-27/h9-20,23-25,28-30H,21-22H2,1-8H3/b20-19+/t25?,28-,29+,30-/m1/s1. The van der Waals surface area contributed by atoms with Gasteiger partial charge < -0.3 is 18.5 Å². The summed E-state index contributed by atoms with van der Waals surface area (Å²) in [4.78, 5) is 42.7. The van der Waals surface area contributed by atoms with Crippen LogP contribution in [0, 0.1) is 0 Å². The molecule has 2 fully saturated rings. The molecule has 2 amide bonds. The van der Waals surface area contributed by atoms with Crippen molar-refractivity contribution in [2.24, 2.45) is 0 Å². The van der Waals surface area contributed by atoms with Gasteiger partial charge in [-0.25, -0.2) is 19.9 Å². The summed E-state index contributed by atoms with van der Waals surface area (Å²) < 4.78 is 27.8. The Morgan fingerprint density at radius 3 is 2.20 bits per heavy atom. The van der Waals surface area contributed by atoms with Crippen LogP contribution in [0.4, 0.5) is 5.82 Å². The third-order valence-corrected chi connectivity index (χ3v) is 14.2. The lowest BCUT2D eigenvalue weighted by atomic mass is 9.82. The molecule has 6 rings (SSSR count). The molecule has 4 atom stereocenters. The van der Waals surface area contributed by atoms with E-state index < -0.39 is 39.6 Å². The minimum atomic E-state index is -2.20. The van der Waals surface area contributed by atoms with Crippen molar-refractivity contribution < 1.29 is 28.1 Å². The van der Waals surface area contributed by atoms with E-state index in [1.807, 2.05) is 28.8 Å². The van der Waals surface area contributed by atoms with Crippen molar-refractivity contribution in [3.63, 3.8) is 0 Å². The first-order valence-corrected chi connectivity index (χ1v) is 20.1. The van der Waals surface area contributed by atoms with Gasteiger partial charge in [-0.15, -0.1) is 0 Å². The van der Waals surface area contributed by atoms with Crippen LogP contribution in [-0.4, -0.2) is 70.7 Å². The van der Waals surface area contributed by atoms with E-state index in [4.69, 9.17) is 18.5 Å². The molecular formula is C37H46BN5O6Si. The van der Waals surface area contributed by atoms with E-state index in [1.54, 1.807) is 54.9 Å². The second-order valence-corrected chi connectivity index (χ2v) is 19.9. The summed E-state index contributed by atoms with van der Waals surface area (Å²) in [6.45, 7) is 17.3. The zero-order chi connectivity index (χ0) is 35.8. The molecular weight excluding hydrogens is 649 g/mol. The number of carbonyl (C=O) groups excluding carboxylic acids is 2. The Morgan fingerprint density at radius 1 is 1.00 bits per heavy atom. The molecule has 1 unspecified atom stereocenters. The SMILES string of the molecule is CC1CC(C)(C)OB(/C=C/[C@H]2O[C@@H](n3cnc4c(N(C(=O)c5ccccc5)C(=O)c5ccccc5)ncnc43)C[C@@H]2O[Si](C)(C)C(C)(C)C)O1. The van der Waals surface area contributed by atoms with E-state index in [0.29, 0.717) is 28.7 Å². The Bertz CT molecular complexity index is 1810. The van der Waals surface area contributed by atoms with E-state index in [1.165, 1.54) is 6.33 Å². The first-order valence-electron chi connectivity index (χ1n) is 17.1. The number of fused-ring (bicyclic) bond motifs is 1. The van der Waals surface area contributed by atoms with Crippen molar-refractivity contribution in [2.45, 2.75) is 103 Å². The molecule has 2 aromatic carbocycles. The minimum absolute atomic E-state index is 0.0156. The molecule has 0 spiro atoms. The lowest BCUT2D eigenvalue weighted by molar-refractivity contribution is -0.0242. The van der Waals surface area contributed by atoms with Crippen LogP contribution in [0.15, 0.2) is 85.4 Å². The van der Waals surface area contributed by atoms with Gasteiger partial charge >= 0.3 is 7.12 Å². The Kier molecular flexibility index (Phi) is 9.99. The summed E-state index contributed by atoms with van der Waals surface area (Å²) in [5.74, 6) is 0.956. The highest BCUT2D eigenvalue weighted by Crippen LogP contribution is 2.42. The van der Waals surface area contributed by atoms with Crippen molar-refractivity contribution in [1.82, 2.24) is 19.5 Å². The molecule has 4 aromatic rings. The number of imidazole rings is 1. The topological polar surface area (TPSA) is 118 Å². The normalized spacial score (nSPS) is 22.7. The van der Waals surface area contributed by atoms with E-state index in [2.05, 4.69) is 69.6 Å². The number of rotatable bonds is 8. The fourth-order valence-electron chi connectivity index (χ4n) is 6.24. The molecule has 2 aliphatic heterocycles. The molecule has 13 heteroatoms. The fourth-order valence-corrected chi connectivity index (χ4v) is 7.58. The van der Waals surface area contributed by atoms with Crippen LogP contribution in [0.5, 0.6) is 0 Å². The first-order chi connectivity index (χ1) is 23.6. The van der Waals surface area contributed by atoms with Crippen molar-refractivity contribution in [3.05, 3.63) is 96.5 Å². The third kappa shape index (κ3) is 7.52. The lowest BCUT2D eigenvalue weighted by Gasteiger charge is -2.39. The number of amides is 2. The largest absolute Gasteiger partial charge is 0.486 e. The molecule has 4 heterocycles. The van der Waals surface area contributed by atoms with E-state index in [0.717, 1.165) is 11.3 Å². The number of hydrogen-bond acceptors (Lipinski definition) is 9. The van der Waals surface area contributed by atoms with E-state index in [-0.39, 0.29) is 28.7 Å². The fraction of sp³-hybridized carbons (Fsp3) is 0.432. The van der Waals surface area contributed by atoms with Gasteiger partial charge in [-0.05, 0) is 69.6 Å². The maximum absolute atomic E-state index is 14.0. The Morgan fingerprint density at radius 2 is 1.62 bits per heavy atom. The maximum Gasteiger partial charge on any atom is 0.486 e. The van der Waals surface area contributed by atoms with Crippen LogP contribution in [0.3, 0.4) is 0 Å². The molecule has 0 bridgehead atoms. The van der Waals surface area contributed by atoms with E-state index in [9.17, 15) is 9.59 Å². The molecule has 262 valence electrons.